The molecular formula is C27H35N3O4S. The Morgan fingerprint density at radius 3 is 2.49 bits per heavy atom. The summed E-state index contributed by atoms with van der Waals surface area (Å²) in [5.41, 5.74) is 2.24. The molecule has 2 amide bonds. The molecule has 2 aromatic rings. The van der Waals surface area contributed by atoms with Crippen molar-refractivity contribution in [3.63, 3.8) is 0 Å². The molecule has 1 heterocycles. The van der Waals surface area contributed by atoms with Gasteiger partial charge in [-0.2, -0.15) is 0 Å². The number of sulfonamides is 1. The molecule has 1 unspecified atom stereocenters. The van der Waals surface area contributed by atoms with Gasteiger partial charge < -0.3 is 10.2 Å². The van der Waals surface area contributed by atoms with E-state index in [0.29, 0.717) is 29.9 Å². The van der Waals surface area contributed by atoms with E-state index < -0.39 is 10.0 Å². The van der Waals surface area contributed by atoms with Gasteiger partial charge in [0.05, 0.1) is 10.8 Å². The van der Waals surface area contributed by atoms with E-state index in [1.807, 2.05) is 13.0 Å². The number of hydrogen-bond acceptors (Lipinski definition) is 4. The molecule has 1 aliphatic heterocycles. The van der Waals surface area contributed by atoms with Crippen molar-refractivity contribution >= 4 is 27.5 Å². The Labute approximate surface area is 208 Å². The number of nitrogens with one attached hydrogen (secondary N) is 2. The maximum Gasteiger partial charge on any atom is 0.262 e. The van der Waals surface area contributed by atoms with E-state index >= 15 is 0 Å². The molecule has 35 heavy (non-hydrogen) atoms. The third kappa shape index (κ3) is 6.23. The van der Waals surface area contributed by atoms with Gasteiger partial charge in [0.2, 0.25) is 5.91 Å². The minimum atomic E-state index is -3.80. The number of aryl methyl sites for hydroxylation is 2. The second kappa shape index (κ2) is 10.8. The fourth-order valence-corrected chi connectivity index (χ4v) is 6.43. The Bertz CT molecular complexity index is 1190. The van der Waals surface area contributed by atoms with Crippen LogP contribution >= 0.6 is 0 Å². The Hall–Kier alpha value is -2.87. The molecule has 1 saturated heterocycles. The van der Waals surface area contributed by atoms with Gasteiger partial charge in [0.1, 0.15) is 0 Å². The van der Waals surface area contributed by atoms with Crippen LogP contribution in [0.5, 0.6) is 0 Å². The maximum absolute atomic E-state index is 13.3. The molecule has 1 atom stereocenters. The Kier molecular flexibility index (Phi) is 7.79. The Balaban J connectivity index is 1.43. The zero-order chi connectivity index (χ0) is 25.0. The maximum atomic E-state index is 13.3. The van der Waals surface area contributed by atoms with Crippen molar-refractivity contribution in [3.8, 4) is 0 Å². The lowest BCUT2D eigenvalue weighted by atomic mass is 9.92. The van der Waals surface area contributed by atoms with E-state index in [1.165, 1.54) is 6.42 Å². The molecule has 1 aliphatic carbocycles. The zero-order valence-corrected chi connectivity index (χ0v) is 21.4. The molecule has 0 radical (unpaired) electrons. The summed E-state index contributed by atoms with van der Waals surface area (Å²) in [5.74, 6) is -0.349. The van der Waals surface area contributed by atoms with Crippen molar-refractivity contribution in [1.82, 2.24) is 10.2 Å². The highest BCUT2D eigenvalue weighted by Crippen LogP contribution is 2.24. The van der Waals surface area contributed by atoms with Crippen LogP contribution in [-0.4, -0.2) is 44.3 Å². The fraction of sp³-hybridized carbons (Fsp3) is 0.481. The lowest BCUT2D eigenvalue weighted by Crippen LogP contribution is -2.47. The van der Waals surface area contributed by atoms with Gasteiger partial charge in [-0.1, -0.05) is 37.5 Å². The lowest BCUT2D eigenvalue weighted by Gasteiger charge is -2.33. The number of likely N-dealkylation sites (tertiary alicyclic amines) is 1. The molecule has 1 saturated carbocycles. The number of piperidine rings is 1. The van der Waals surface area contributed by atoms with Crippen molar-refractivity contribution in [1.29, 1.82) is 0 Å². The summed E-state index contributed by atoms with van der Waals surface area (Å²) in [5, 5.41) is 3.19. The monoisotopic (exact) mass is 497 g/mol. The summed E-state index contributed by atoms with van der Waals surface area (Å²) in [7, 11) is -3.80. The molecule has 0 aromatic heterocycles. The second-order valence-electron chi connectivity index (χ2n) is 9.89. The molecule has 2 fully saturated rings. The van der Waals surface area contributed by atoms with Gasteiger partial charge in [-0.05, 0) is 74.9 Å². The highest BCUT2D eigenvalue weighted by atomic mass is 32.2. The molecule has 2 aromatic carbocycles. The van der Waals surface area contributed by atoms with E-state index in [2.05, 4.69) is 10.0 Å². The van der Waals surface area contributed by atoms with Gasteiger partial charge in [-0.3, -0.25) is 14.3 Å². The average molecular weight is 498 g/mol. The van der Waals surface area contributed by atoms with E-state index in [9.17, 15) is 18.0 Å². The van der Waals surface area contributed by atoms with E-state index in [4.69, 9.17) is 0 Å². The molecule has 7 nitrogen and oxygen atoms in total. The van der Waals surface area contributed by atoms with Crippen molar-refractivity contribution in [2.45, 2.75) is 69.7 Å². The van der Waals surface area contributed by atoms with Crippen LogP contribution in [0.1, 0.15) is 66.4 Å². The number of nitrogens with zero attached hydrogens (tertiary/aromatic N) is 1. The summed E-state index contributed by atoms with van der Waals surface area (Å²) in [6.45, 7) is 4.57. The minimum Gasteiger partial charge on any atom is -0.353 e. The van der Waals surface area contributed by atoms with Crippen LogP contribution in [-0.2, 0) is 14.8 Å². The predicted molar refractivity (Wildman–Crippen MR) is 137 cm³/mol. The molecule has 188 valence electrons. The molecule has 0 spiro atoms. The van der Waals surface area contributed by atoms with Crippen LogP contribution in [0.15, 0.2) is 47.4 Å². The number of carbonyl (C=O) groups excluding carboxylic acids is 2. The Morgan fingerprint density at radius 2 is 1.71 bits per heavy atom. The molecule has 0 bridgehead atoms. The quantitative estimate of drug-likeness (QED) is 0.618. The average Bonchev–Trinajstić information content (AvgIpc) is 2.85. The molecule has 2 aliphatic rings. The van der Waals surface area contributed by atoms with Crippen LogP contribution in [0.2, 0.25) is 0 Å². The first-order valence-corrected chi connectivity index (χ1v) is 14.0. The second-order valence-corrected chi connectivity index (χ2v) is 11.5. The van der Waals surface area contributed by atoms with E-state index in [-0.39, 0.29) is 28.7 Å². The van der Waals surface area contributed by atoms with Crippen LogP contribution in [0.25, 0.3) is 0 Å². The van der Waals surface area contributed by atoms with Crippen molar-refractivity contribution in [2.24, 2.45) is 5.92 Å². The molecular weight excluding hydrogens is 462 g/mol. The summed E-state index contributed by atoms with van der Waals surface area (Å²) in [4.78, 5) is 28.0. The van der Waals surface area contributed by atoms with Gasteiger partial charge in [0.25, 0.3) is 15.9 Å². The van der Waals surface area contributed by atoms with Crippen LogP contribution in [0, 0.1) is 19.8 Å². The van der Waals surface area contributed by atoms with Gasteiger partial charge in [0.15, 0.2) is 0 Å². The largest absolute Gasteiger partial charge is 0.353 e. The summed E-state index contributed by atoms with van der Waals surface area (Å²) in [6.07, 6.45) is 7.16. The normalized spacial score (nSPS) is 19.3. The molecule has 2 N–H and O–H groups in total. The number of hydrogen-bond donors (Lipinski definition) is 2. The first kappa shape index (κ1) is 25.2. The van der Waals surface area contributed by atoms with Gasteiger partial charge in [-0.25, -0.2) is 8.42 Å². The topological polar surface area (TPSA) is 95.6 Å². The number of carbonyl (C=O) groups is 2. The van der Waals surface area contributed by atoms with Crippen molar-refractivity contribution in [3.05, 3.63) is 59.2 Å². The smallest absolute Gasteiger partial charge is 0.262 e. The fourth-order valence-electron chi connectivity index (χ4n) is 5.05. The number of anilines is 1. The zero-order valence-electron chi connectivity index (χ0n) is 20.5. The number of rotatable bonds is 6. The lowest BCUT2D eigenvalue weighted by molar-refractivity contribution is -0.127. The van der Waals surface area contributed by atoms with Crippen LogP contribution in [0.4, 0.5) is 5.69 Å². The third-order valence-electron chi connectivity index (χ3n) is 7.03. The highest BCUT2D eigenvalue weighted by Gasteiger charge is 2.30. The van der Waals surface area contributed by atoms with Crippen molar-refractivity contribution in [2.75, 3.05) is 17.8 Å². The summed E-state index contributed by atoms with van der Waals surface area (Å²) < 4.78 is 28.6. The van der Waals surface area contributed by atoms with E-state index in [1.54, 1.807) is 48.2 Å². The minimum absolute atomic E-state index is 0.0458. The predicted octanol–water partition coefficient (Wildman–Crippen LogP) is 4.41. The highest BCUT2D eigenvalue weighted by molar-refractivity contribution is 7.92. The summed E-state index contributed by atoms with van der Waals surface area (Å²) in [6, 6.07) is 12.1. The number of benzene rings is 2. The van der Waals surface area contributed by atoms with Crippen LogP contribution in [0.3, 0.4) is 0 Å². The van der Waals surface area contributed by atoms with E-state index in [0.717, 1.165) is 44.1 Å². The first-order valence-electron chi connectivity index (χ1n) is 12.5. The SMILES string of the molecule is Cc1ccc(C)c(S(=O)(=O)Nc2cccc(C(=O)N3CCCC(C(=O)NC4CCCCC4)C3)c2)c1. The summed E-state index contributed by atoms with van der Waals surface area (Å²) >= 11 is 0. The van der Waals surface area contributed by atoms with Gasteiger partial charge >= 0.3 is 0 Å². The molecule has 4 rings (SSSR count). The van der Waals surface area contributed by atoms with Gasteiger partial charge in [-0.15, -0.1) is 0 Å². The number of amides is 2. The molecule has 8 heteroatoms. The first-order chi connectivity index (χ1) is 16.7. The van der Waals surface area contributed by atoms with Crippen molar-refractivity contribution < 1.29 is 18.0 Å². The Morgan fingerprint density at radius 1 is 0.943 bits per heavy atom. The standard InChI is InChI=1S/C27H35N3O4S/c1-19-13-14-20(2)25(16-19)35(33,34)29-24-12-6-8-21(17-24)27(32)30-15-7-9-22(18-30)26(31)28-23-10-4-3-5-11-23/h6,8,12-14,16-17,22-23,29H,3-5,7,9-11,15,18H2,1-2H3,(H,28,31). The van der Waals surface area contributed by atoms with Crippen LogP contribution < -0.4 is 10.0 Å². The third-order valence-corrected chi connectivity index (χ3v) is 8.55. The van der Waals surface area contributed by atoms with Gasteiger partial charge in [0, 0.05) is 30.4 Å².